The maximum atomic E-state index is 6.66. The zero-order valence-electron chi connectivity index (χ0n) is 19.1. The van der Waals surface area contributed by atoms with Gasteiger partial charge in [0.05, 0.1) is 19.3 Å². The first-order valence-electron chi connectivity index (χ1n) is 11.7. The van der Waals surface area contributed by atoms with E-state index in [1.54, 1.807) is 0 Å². The van der Waals surface area contributed by atoms with Gasteiger partial charge in [-0.25, -0.2) is 0 Å². The normalized spacial score (nSPS) is 24.2. The summed E-state index contributed by atoms with van der Waals surface area (Å²) in [6.45, 7) is 15.7. The molecule has 0 aliphatic heterocycles. The lowest BCUT2D eigenvalue weighted by molar-refractivity contribution is 0.0181. The van der Waals surface area contributed by atoms with E-state index in [4.69, 9.17) is 9.16 Å². The molecule has 0 aromatic rings. The third-order valence-electron chi connectivity index (χ3n) is 6.58. The van der Waals surface area contributed by atoms with E-state index in [2.05, 4.69) is 57.5 Å². The van der Waals surface area contributed by atoms with E-state index in [1.807, 2.05) is 0 Å². The van der Waals surface area contributed by atoms with Gasteiger partial charge in [-0.2, -0.15) is 0 Å². The molecule has 2 unspecified atom stereocenters. The van der Waals surface area contributed by atoms with Crippen LogP contribution < -0.4 is 0 Å². The summed E-state index contributed by atoms with van der Waals surface area (Å²) in [5.74, 6) is 0. The van der Waals surface area contributed by atoms with Crippen molar-refractivity contribution in [3.63, 3.8) is 0 Å². The smallest absolute Gasteiger partial charge is 0.200 e. The van der Waals surface area contributed by atoms with Crippen molar-refractivity contribution < 1.29 is 9.16 Å². The van der Waals surface area contributed by atoms with Gasteiger partial charge < -0.3 is 9.16 Å². The zero-order chi connectivity index (χ0) is 20.3. The highest BCUT2D eigenvalue weighted by molar-refractivity contribution is 9.09. The first-order chi connectivity index (χ1) is 12.8. The van der Waals surface area contributed by atoms with Crippen LogP contribution in [0.2, 0.25) is 16.6 Å². The van der Waals surface area contributed by atoms with Crippen LogP contribution in [0.1, 0.15) is 106 Å². The highest BCUT2D eigenvalue weighted by atomic mass is 79.9. The van der Waals surface area contributed by atoms with Crippen molar-refractivity contribution in [2.45, 2.75) is 133 Å². The second kappa shape index (κ2) is 13.8. The van der Waals surface area contributed by atoms with Crippen LogP contribution in [0.5, 0.6) is 0 Å². The molecule has 1 saturated carbocycles. The van der Waals surface area contributed by atoms with Crippen molar-refractivity contribution in [2.75, 3.05) is 13.2 Å². The molecule has 0 aromatic heterocycles. The summed E-state index contributed by atoms with van der Waals surface area (Å²) in [6, 6.07) is 0. The molecule has 1 aliphatic rings. The molecule has 1 aliphatic carbocycles. The molecule has 0 bridgehead atoms. The molecule has 0 N–H and O–H groups in total. The van der Waals surface area contributed by atoms with Gasteiger partial charge in [0.2, 0.25) is 0 Å². The average Bonchev–Trinajstić information content (AvgIpc) is 2.58. The summed E-state index contributed by atoms with van der Waals surface area (Å²) in [6.07, 6.45) is 13.6. The first kappa shape index (κ1) is 25.7. The summed E-state index contributed by atoms with van der Waals surface area (Å²) in [5, 5.41) is 0. The zero-order valence-corrected chi connectivity index (χ0v) is 21.7. The molecule has 0 amide bonds. The highest BCUT2D eigenvalue weighted by Gasteiger charge is 2.44. The van der Waals surface area contributed by atoms with Gasteiger partial charge in [-0.3, -0.25) is 0 Å². The van der Waals surface area contributed by atoms with Crippen molar-refractivity contribution in [1.82, 2.24) is 0 Å². The van der Waals surface area contributed by atoms with Gasteiger partial charge in [0.15, 0.2) is 8.32 Å². The molecule has 1 fully saturated rings. The van der Waals surface area contributed by atoms with Crippen LogP contribution >= 0.6 is 15.9 Å². The maximum Gasteiger partial charge on any atom is 0.200 e. The first-order valence-corrected chi connectivity index (χ1v) is 14.8. The Hall–Kier alpha value is 0.617. The number of halogens is 1. The molecule has 27 heavy (non-hydrogen) atoms. The third kappa shape index (κ3) is 8.88. The molecule has 2 atom stereocenters. The van der Waals surface area contributed by atoms with Gasteiger partial charge in [-0.15, -0.1) is 0 Å². The summed E-state index contributed by atoms with van der Waals surface area (Å²) in [7, 11) is -1.75. The predicted octanol–water partition coefficient (Wildman–Crippen LogP) is 8.24. The molecule has 0 aromatic carbocycles. The molecule has 4 heteroatoms. The quantitative estimate of drug-likeness (QED) is 0.205. The fourth-order valence-electron chi connectivity index (χ4n) is 5.22. The number of rotatable bonds is 8. The molecule has 2 nitrogen and oxygen atoms in total. The second-order valence-corrected chi connectivity index (χ2v) is 16.3. The van der Waals surface area contributed by atoms with Gasteiger partial charge in [-0.05, 0) is 42.3 Å². The van der Waals surface area contributed by atoms with E-state index in [0.29, 0.717) is 22.7 Å². The van der Waals surface area contributed by atoms with Gasteiger partial charge in [0.1, 0.15) is 0 Å². The number of alkyl halides is 1. The Morgan fingerprint density at radius 1 is 0.704 bits per heavy atom. The lowest BCUT2D eigenvalue weighted by Crippen LogP contribution is -2.48. The Morgan fingerprint density at radius 3 is 1.67 bits per heavy atom. The maximum absolute atomic E-state index is 6.66. The minimum atomic E-state index is -1.75. The van der Waals surface area contributed by atoms with Crippen molar-refractivity contribution in [3.8, 4) is 0 Å². The standard InChI is InChI=1S/C23H47BrO2Si/c1-19(2)27(20(3)4,21(5)6)26-18-17-25-23-15-10-8-7-9-13-22(24)14-11-12-16-23/h19-23H,7-18H2,1-6H3. The van der Waals surface area contributed by atoms with Gasteiger partial charge in [0, 0.05) is 4.83 Å². The Morgan fingerprint density at radius 2 is 1.15 bits per heavy atom. The Balaban J connectivity index is 2.46. The molecule has 0 radical (unpaired) electrons. The largest absolute Gasteiger partial charge is 0.414 e. The molecule has 162 valence electrons. The van der Waals surface area contributed by atoms with Crippen LogP contribution in [-0.2, 0) is 9.16 Å². The lowest BCUT2D eigenvalue weighted by atomic mass is 9.99. The van der Waals surface area contributed by atoms with Gasteiger partial charge in [0.25, 0.3) is 0 Å². The van der Waals surface area contributed by atoms with E-state index in [0.717, 1.165) is 18.0 Å². The predicted molar refractivity (Wildman–Crippen MR) is 126 cm³/mol. The van der Waals surface area contributed by atoms with Crippen LogP contribution in [0.25, 0.3) is 0 Å². The Bertz CT molecular complexity index is 352. The molecule has 1 rings (SSSR count). The van der Waals surface area contributed by atoms with Crippen molar-refractivity contribution in [2.24, 2.45) is 0 Å². The van der Waals surface area contributed by atoms with Crippen molar-refractivity contribution in [1.29, 1.82) is 0 Å². The third-order valence-corrected chi connectivity index (χ3v) is 13.6. The van der Waals surface area contributed by atoms with Crippen LogP contribution in [-0.4, -0.2) is 32.5 Å². The van der Waals surface area contributed by atoms with Crippen LogP contribution in [0.15, 0.2) is 0 Å². The fourth-order valence-corrected chi connectivity index (χ4v) is 11.3. The van der Waals surface area contributed by atoms with Crippen molar-refractivity contribution in [3.05, 3.63) is 0 Å². The Kier molecular flexibility index (Phi) is 13.1. The Labute approximate surface area is 179 Å². The molecular weight excluding hydrogens is 416 g/mol. The van der Waals surface area contributed by atoms with E-state index in [-0.39, 0.29) is 0 Å². The van der Waals surface area contributed by atoms with E-state index >= 15 is 0 Å². The minimum absolute atomic E-state index is 0.440. The van der Waals surface area contributed by atoms with E-state index in [1.165, 1.54) is 64.2 Å². The number of hydrogen-bond acceptors (Lipinski definition) is 2. The summed E-state index contributed by atoms with van der Waals surface area (Å²) >= 11 is 3.85. The van der Waals surface area contributed by atoms with Crippen LogP contribution in [0, 0.1) is 0 Å². The molecule has 0 heterocycles. The SMILES string of the molecule is CC(C)[Si](OCCOC1CCCCCCC(Br)CCCC1)(C(C)C)C(C)C. The summed E-state index contributed by atoms with van der Waals surface area (Å²) in [4.78, 5) is 0.728. The van der Waals surface area contributed by atoms with Crippen LogP contribution in [0.3, 0.4) is 0 Å². The van der Waals surface area contributed by atoms with E-state index in [9.17, 15) is 0 Å². The number of hydrogen-bond donors (Lipinski definition) is 0. The van der Waals surface area contributed by atoms with Gasteiger partial charge >= 0.3 is 0 Å². The highest BCUT2D eigenvalue weighted by Crippen LogP contribution is 2.42. The van der Waals surface area contributed by atoms with Crippen LogP contribution in [0.4, 0.5) is 0 Å². The average molecular weight is 464 g/mol. The monoisotopic (exact) mass is 462 g/mol. The summed E-state index contributed by atoms with van der Waals surface area (Å²) < 4.78 is 13.0. The fraction of sp³-hybridized carbons (Fsp3) is 1.00. The molecular formula is C23H47BrO2Si. The summed E-state index contributed by atoms with van der Waals surface area (Å²) in [5.41, 5.74) is 1.95. The lowest BCUT2D eigenvalue weighted by Gasteiger charge is -2.42. The second-order valence-electron chi connectivity index (χ2n) is 9.53. The van der Waals surface area contributed by atoms with Gasteiger partial charge in [-0.1, -0.05) is 96.0 Å². The number of ether oxygens (including phenoxy) is 1. The van der Waals surface area contributed by atoms with E-state index < -0.39 is 8.32 Å². The minimum Gasteiger partial charge on any atom is -0.414 e. The topological polar surface area (TPSA) is 18.5 Å². The molecule has 0 saturated heterocycles. The van der Waals surface area contributed by atoms with Crippen molar-refractivity contribution >= 4 is 24.2 Å². The molecule has 0 spiro atoms.